The molecule has 0 aliphatic heterocycles. The summed E-state index contributed by atoms with van der Waals surface area (Å²) in [6.45, 7) is 14.1. The highest BCUT2D eigenvalue weighted by atomic mass is 16.5. The van der Waals surface area contributed by atoms with E-state index in [1.807, 2.05) is 27.7 Å². The van der Waals surface area contributed by atoms with Gasteiger partial charge in [0.2, 0.25) is 0 Å². The Kier molecular flexibility index (Phi) is 6.20. The van der Waals surface area contributed by atoms with E-state index in [0.717, 1.165) is 24.5 Å². The van der Waals surface area contributed by atoms with E-state index in [1.165, 1.54) is 5.56 Å². The third kappa shape index (κ3) is 4.07. The van der Waals surface area contributed by atoms with E-state index in [4.69, 9.17) is 4.74 Å². The van der Waals surface area contributed by atoms with Gasteiger partial charge in [-0.1, -0.05) is 13.8 Å². The Balaban J connectivity index is 2.82. The van der Waals surface area contributed by atoms with Crippen molar-refractivity contribution in [2.75, 3.05) is 13.2 Å². The molecule has 0 aromatic carbocycles. The average molecular weight is 281 g/mol. The van der Waals surface area contributed by atoms with Crippen LogP contribution in [0.4, 0.5) is 0 Å². The van der Waals surface area contributed by atoms with Crippen molar-refractivity contribution in [1.82, 2.24) is 15.1 Å². The first kappa shape index (κ1) is 16.7. The molecule has 1 unspecified atom stereocenters. The largest absolute Gasteiger partial charge is 0.464 e. The fraction of sp³-hybridized carbons (Fsp3) is 0.733. The molecule has 1 N–H and O–H groups in total. The van der Waals surface area contributed by atoms with Crippen molar-refractivity contribution in [3.8, 4) is 0 Å². The van der Waals surface area contributed by atoms with Crippen molar-refractivity contribution >= 4 is 5.97 Å². The SMILES string of the molecule is CCOC(=O)C(C)n1nc(C)c(CNCC(C)C)c1C. The van der Waals surface area contributed by atoms with Gasteiger partial charge in [0.1, 0.15) is 6.04 Å². The van der Waals surface area contributed by atoms with Gasteiger partial charge in [0.15, 0.2) is 0 Å². The van der Waals surface area contributed by atoms with E-state index >= 15 is 0 Å². The number of aryl methyl sites for hydroxylation is 1. The highest BCUT2D eigenvalue weighted by molar-refractivity contribution is 5.73. The predicted octanol–water partition coefficient (Wildman–Crippen LogP) is 2.37. The van der Waals surface area contributed by atoms with Crippen LogP contribution >= 0.6 is 0 Å². The van der Waals surface area contributed by atoms with E-state index in [1.54, 1.807) is 4.68 Å². The van der Waals surface area contributed by atoms with Crippen LogP contribution in [0.1, 0.15) is 50.7 Å². The number of hydrogen-bond donors (Lipinski definition) is 1. The predicted molar refractivity (Wildman–Crippen MR) is 79.6 cm³/mol. The highest BCUT2D eigenvalue weighted by Gasteiger charge is 2.21. The number of rotatable bonds is 7. The van der Waals surface area contributed by atoms with Crippen LogP contribution < -0.4 is 5.32 Å². The Morgan fingerprint density at radius 2 is 2.00 bits per heavy atom. The summed E-state index contributed by atoms with van der Waals surface area (Å²) in [5, 5.41) is 7.91. The first-order valence-corrected chi connectivity index (χ1v) is 7.30. The molecule has 0 aliphatic rings. The third-order valence-corrected chi connectivity index (χ3v) is 3.32. The van der Waals surface area contributed by atoms with Crippen LogP contribution in [0.3, 0.4) is 0 Å². The molecule has 114 valence electrons. The minimum atomic E-state index is -0.382. The minimum absolute atomic E-state index is 0.236. The Morgan fingerprint density at radius 1 is 1.35 bits per heavy atom. The van der Waals surface area contributed by atoms with E-state index < -0.39 is 0 Å². The van der Waals surface area contributed by atoms with Gasteiger partial charge in [0.05, 0.1) is 12.3 Å². The Morgan fingerprint density at radius 3 is 2.55 bits per heavy atom. The molecule has 0 saturated carbocycles. The van der Waals surface area contributed by atoms with Gasteiger partial charge in [-0.2, -0.15) is 5.10 Å². The van der Waals surface area contributed by atoms with Crippen molar-refractivity contribution in [3.63, 3.8) is 0 Å². The van der Waals surface area contributed by atoms with Crippen LogP contribution in [0.2, 0.25) is 0 Å². The summed E-state index contributed by atoms with van der Waals surface area (Å²) in [6, 6.07) is -0.382. The average Bonchev–Trinajstić information content (AvgIpc) is 2.65. The molecule has 0 spiro atoms. The fourth-order valence-corrected chi connectivity index (χ4v) is 2.18. The van der Waals surface area contributed by atoms with Gasteiger partial charge in [-0.3, -0.25) is 4.68 Å². The zero-order valence-electron chi connectivity index (χ0n) is 13.5. The molecular weight excluding hydrogens is 254 g/mol. The summed E-state index contributed by atoms with van der Waals surface area (Å²) in [7, 11) is 0. The number of esters is 1. The first-order chi connectivity index (χ1) is 9.38. The Hall–Kier alpha value is -1.36. The molecule has 1 heterocycles. The van der Waals surface area contributed by atoms with Crippen LogP contribution in [0.15, 0.2) is 0 Å². The van der Waals surface area contributed by atoms with Crippen molar-refractivity contribution < 1.29 is 9.53 Å². The second kappa shape index (κ2) is 7.43. The lowest BCUT2D eigenvalue weighted by molar-refractivity contribution is -0.146. The molecule has 5 heteroatoms. The van der Waals surface area contributed by atoms with Gasteiger partial charge in [0.25, 0.3) is 0 Å². The number of carbonyl (C=O) groups excluding carboxylic acids is 1. The van der Waals surface area contributed by atoms with Crippen molar-refractivity contribution in [3.05, 3.63) is 17.0 Å². The molecule has 0 radical (unpaired) electrons. The molecule has 5 nitrogen and oxygen atoms in total. The van der Waals surface area contributed by atoms with Gasteiger partial charge < -0.3 is 10.1 Å². The summed E-state index contributed by atoms with van der Waals surface area (Å²) in [6.07, 6.45) is 0. The number of aromatic nitrogens is 2. The number of nitrogens with one attached hydrogen (secondary N) is 1. The molecule has 0 bridgehead atoms. The van der Waals surface area contributed by atoms with Crippen LogP contribution in [0.5, 0.6) is 0 Å². The zero-order chi connectivity index (χ0) is 15.3. The first-order valence-electron chi connectivity index (χ1n) is 7.30. The zero-order valence-corrected chi connectivity index (χ0v) is 13.5. The second-order valence-electron chi connectivity index (χ2n) is 5.55. The summed E-state index contributed by atoms with van der Waals surface area (Å²) < 4.78 is 6.82. The maximum atomic E-state index is 11.8. The van der Waals surface area contributed by atoms with E-state index in [9.17, 15) is 4.79 Å². The van der Waals surface area contributed by atoms with Gasteiger partial charge in [-0.25, -0.2) is 4.79 Å². The standard InChI is InChI=1S/C15H27N3O2/c1-7-20-15(19)13(6)18-12(5)14(11(4)17-18)9-16-8-10(2)3/h10,13,16H,7-9H2,1-6H3. The molecule has 1 aromatic rings. The number of nitrogens with zero attached hydrogens (tertiary/aromatic N) is 2. The van der Waals surface area contributed by atoms with E-state index in [2.05, 4.69) is 24.3 Å². The fourth-order valence-electron chi connectivity index (χ4n) is 2.18. The lowest BCUT2D eigenvalue weighted by Crippen LogP contribution is -2.22. The summed E-state index contributed by atoms with van der Waals surface area (Å²) >= 11 is 0. The summed E-state index contributed by atoms with van der Waals surface area (Å²) in [4.78, 5) is 11.8. The number of hydrogen-bond acceptors (Lipinski definition) is 4. The van der Waals surface area contributed by atoms with Crippen LogP contribution in [0, 0.1) is 19.8 Å². The van der Waals surface area contributed by atoms with Crippen molar-refractivity contribution in [1.29, 1.82) is 0 Å². The third-order valence-electron chi connectivity index (χ3n) is 3.32. The molecule has 0 amide bonds. The smallest absolute Gasteiger partial charge is 0.330 e. The molecule has 1 rings (SSSR count). The number of ether oxygens (including phenoxy) is 1. The Labute approximate surface area is 121 Å². The highest BCUT2D eigenvalue weighted by Crippen LogP contribution is 2.18. The molecule has 20 heavy (non-hydrogen) atoms. The van der Waals surface area contributed by atoms with Crippen molar-refractivity contribution in [2.45, 2.75) is 54.1 Å². The monoisotopic (exact) mass is 281 g/mol. The van der Waals surface area contributed by atoms with Crippen LogP contribution in [0.25, 0.3) is 0 Å². The number of carbonyl (C=O) groups is 1. The molecule has 0 fully saturated rings. The van der Waals surface area contributed by atoms with E-state index in [0.29, 0.717) is 12.5 Å². The Bertz CT molecular complexity index is 452. The molecule has 1 atom stereocenters. The second-order valence-corrected chi connectivity index (χ2v) is 5.55. The van der Waals surface area contributed by atoms with E-state index in [-0.39, 0.29) is 12.0 Å². The van der Waals surface area contributed by atoms with Gasteiger partial charge in [-0.05, 0) is 40.2 Å². The molecule has 1 aromatic heterocycles. The van der Waals surface area contributed by atoms with Gasteiger partial charge in [0, 0.05) is 17.8 Å². The maximum Gasteiger partial charge on any atom is 0.330 e. The quantitative estimate of drug-likeness (QED) is 0.780. The van der Waals surface area contributed by atoms with Gasteiger partial charge >= 0.3 is 5.97 Å². The van der Waals surface area contributed by atoms with Gasteiger partial charge in [-0.15, -0.1) is 0 Å². The molecular formula is C15H27N3O2. The van der Waals surface area contributed by atoms with Crippen LogP contribution in [-0.2, 0) is 16.1 Å². The lowest BCUT2D eigenvalue weighted by atomic mass is 10.1. The summed E-state index contributed by atoms with van der Waals surface area (Å²) in [5.41, 5.74) is 3.16. The topological polar surface area (TPSA) is 56.2 Å². The lowest BCUT2D eigenvalue weighted by Gasteiger charge is -2.13. The normalized spacial score (nSPS) is 12.8. The van der Waals surface area contributed by atoms with Crippen LogP contribution in [-0.4, -0.2) is 28.9 Å². The molecule has 0 saturated heterocycles. The summed E-state index contributed by atoms with van der Waals surface area (Å²) in [5.74, 6) is 0.379. The minimum Gasteiger partial charge on any atom is -0.464 e. The molecule has 0 aliphatic carbocycles. The maximum absolute atomic E-state index is 11.8. The van der Waals surface area contributed by atoms with Crippen molar-refractivity contribution in [2.24, 2.45) is 5.92 Å².